The fourth-order valence-corrected chi connectivity index (χ4v) is 2.52. The summed E-state index contributed by atoms with van der Waals surface area (Å²) < 4.78 is 0. The Morgan fingerprint density at radius 2 is 2.26 bits per heavy atom. The van der Waals surface area contributed by atoms with Crippen LogP contribution < -0.4 is 11.1 Å². The maximum atomic E-state index is 12.0. The standard InChI is InChI=1S/C15H23N3O/c1-12-4-2-3-5-14(12)6-8-17-15(19)18-9-7-13(10-16)11-18/h2-5,13H,6-11,16H2,1H3,(H,17,19)/t13-/m0/s1. The van der Waals surface area contributed by atoms with Gasteiger partial charge in [-0.15, -0.1) is 0 Å². The van der Waals surface area contributed by atoms with Gasteiger partial charge in [0.2, 0.25) is 0 Å². The molecule has 2 rings (SSSR count). The number of carbonyl (C=O) groups excluding carboxylic acids is 1. The zero-order valence-electron chi connectivity index (χ0n) is 11.6. The molecular weight excluding hydrogens is 238 g/mol. The number of nitrogens with zero attached hydrogens (tertiary/aromatic N) is 1. The van der Waals surface area contributed by atoms with Gasteiger partial charge in [-0.2, -0.15) is 0 Å². The number of rotatable bonds is 4. The number of urea groups is 1. The molecule has 0 radical (unpaired) electrons. The lowest BCUT2D eigenvalue weighted by Gasteiger charge is -2.17. The Balaban J connectivity index is 1.74. The molecule has 4 heteroatoms. The first-order valence-corrected chi connectivity index (χ1v) is 6.98. The van der Waals surface area contributed by atoms with E-state index in [0.717, 1.165) is 25.9 Å². The summed E-state index contributed by atoms with van der Waals surface area (Å²) in [6.45, 7) is 5.09. The zero-order valence-corrected chi connectivity index (χ0v) is 11.6. The van der Waals surface area contributed by atoms with Crippen molar-refractivity contribution in [3.63, 3.8) is 0 Å². The van der Waals surface area contributed by atoms with Crippen molar-refractivity contribution in [1.29, 1.82) is 0 Å². The molecule has 1 atom stereocenters. The molecule has 0 saturated carbocycles. The van der Waals surface area contributed by atoms with E-state index < -0.39 is 0 Å². The minimum Gasteiger partial charge on any atom is -0.338 e. The largest absolute Gasteiger partial charge is 0.338 e. The van der Waals surface area contributed by atoms with E-state index in [1.165, 1.54) is 11.1 Å². The van der Waals surface area contributed by atoms with Crippen molar-refractivity contribution in [2.75, 3.05) is 26.2 Å². The fraction of sp³-hybridized carbons (Fsp3) is 0.533. The summed E-state index contributed by atoms with van der Waals surface area (Å²) in [5, 5.41) is 2.99. The molecule has 0 unspecified atom stereocenters. The number of likely N-dealkylation sites (tertiary alicyclic amines) is 1. The predicted octanol–water partition coefficient (Wildman–Crippen LogP) is 1.53. The Bertz CT molecular complexity index is 433. The van der Waals surface area contributed by atoms with Crippen LogP contribution in [0.25, 0.3) is 0 Å². The van der Waals surface area contributed by atoms with Crippen molar-refractivity contribution in [3.8, 4) is 0 Å². The Hall–Kier alpha value is -1.55. The average molecular weight is 261 g/mol. The molecule has 19 heavy (non-hydrogen) atoms. The second kappa shape index (κ2) is 6.57. The molecule has 0 spiro atoms. The molecular formula is C15H23N3O. The monoisotopic (exact) mass is 261 g/mol. The number of nitrogens with one attached hydrogen (secondary N) is 1. The molecule has 0 aliphatic carbocycles. The molecule has 1 aromatic carbocycles. The summed E-state index contributed by atoms with van der Waals surface area (Å²) in [6, 6.07) is 8.33. The van der Waals surface area contributed by atoms with Gasteiger partial charge in [0, 0.05) is 19.6 Å². The van der Waals surface area contributed by atoms with Crippen LogP contribution >= 0.6 is 0 Å². The van der Waals surface area contributed by atoms with Gasteiger partial charge in [0.1, 0.15) is 0 Å². The van der Waals surface area contributed by atoms with E-state index in [4.69, 9.17) is 5.73 Å². The second-order valence-corrected chi connectivity index (χ2v) is 5.24. The van der Waals surface area contributed by atoms with Gasteiger partial charge in [-0.25, -0.2) is 4.79 Å². The van der Waals surface area contributed by atoms with Crippen molar-refractivity contribution < 1.29 is 4.79 Å². The number of hydrogen-bond acceptors (Lipinski definition) is 2. The third-order valence-corrected chi connectivity index (χ3v) is 3.84. The first-order valence-electron chi connectivity index (χ1n) is 6.98. The summed E-state index contributed by atoms with van der Waals surface area (Å²) in [5.74, 6) is 0.474. The molecule has 1 heterocycles. The molecule has 0 bridgehead atoms. The third-order valence-electron chi connectivity index (χ3n) is 3.84. The number of carbonyl (C=O) groups is 1. The molecule has 1 aliphatic heterocycles. The normalized spacial score (nSPS) is 18.6. The molecule has 1 saturated heterocycles. The molecule has 1 fully saturated rings. The van der Waals surface area contributed by atoms with Gasteiger partial charge >= 0.3 is 6.03 Å². The summed E-state index contributed by atoms with van der Waals surface area (Å²) in [4.78, 5) is 13.8. The van der Waals surface area contributed by atoms with Crippen LogP contribution in [0.5, 0.6) is 0 Å². The Labute approximate surface area is 115 Å². The van der Waals surface area contributed by atoms with Crippen molar-refractivity contribution in [2.24, 2.45) is 11.7 Å². The lowest BCUT2D eigenvalue weighted by atomic mass is 10.1. The van der Waals surface area contributed by atoms with Gasteiger partial charge in [-0.05, 0) is 43.4 Å². The SMILES string of the molecule is Cc1ccccc1CCNC(=O)N1CC[C@@H](CN)C1. The van der Waals surface area contributed by atoms with Gasteiger partial charge < -0.3 is 16.0 Å². The topological polar surface area (TPSA) is 58.4 Å². The van der Waals surface area contributed by atoms with Crippen molar-refractivity contribution >= 4 is 6.03 Å². The van der Waals surface area contributed by atoms with E-state index in [2.05, 4.69) is 24.4 Å². The quantitative estimate of drug-likeness (QED) is 0.863. The van der Waals surface area contributed by atoms with Crippen LogP contribution in [0.3, 0.4) is 0 Å². The van der Waals surface area contributed by atoms with E-state index in [-0.39, 0.29) is 6.03 Å². The highest BCUT2D eigenvalue weighted by atomic mass is 16.2. The van der Waals surface area contributed by atoms with Gasteiger partial charge in [0.05, 0.1) is 0 Å². The highest BCUT2D eigenvalue weighted by Crippen LogP contribution is 2.14. The van der Waals surface area contributed by atoms with Crippen LogP contribution in [-0.2, 0) is 6.42 Å². The first-order chi connectivity index (χ1) is 9.20. The van der Waals surface area contributed by atoms with Crippen LogP contribution in [0.1, 0.15) is 17.5 Å². The molecule has 1 aromatic rings. The van der Waals surface area contributed by atoms with Gasteiger partial charge in [0.25, 0.3) is 0 Å². The van der Waals surface area contributed by atoms with Crippen molar-refractivity contribution in [3.05, 3.63) is 35.4 Å². The first kappa shape index (κ1) is 13.9. The second-order valence-electron chi connectivity index (χ2n) is 5.24. The lowest BCUT2D eigenvalue weighted by molar-refractivity contribution is 0.207. The van der Waals surface area contributed by atoms with Crippen LogP contribution in [0, 0.1) is 12.8 Å². The Morgan fingerprint density at radius 1 is 1.47 bits per heavy atom. The highest BCUT2D eigenvalue weighted by Gasteiger charge is 2.24. The maximum Gasteiger partial charge on any atom is 0.317 e. The van der Waals surface area contributed by atoms with Crippen molar-refractivity contribution in [2.45, 2.75) is 19.8 Å². The van der Waals surface area contributed by atoms with Crippen LogP contribution in [0.2, 0.25) is 0 Å². The number of amides is 2. The zero-order chi connectivity index (χ0) is 13.7. The molecule has 1 aliphatic rings. The van der Waals surface area contributed by atoms with E-state index in [1.54, 1.807) is 0 Å². The number of hydrogen-bond donors (Lipinski definition) is 2. The number of nitrogens with two attached hydrogens (primary N) is 1. The predicted molar refractivity (Wildman–Crippen MR) is 77.0 cm³/mol. The van der Waals surface area contributed by atoms with E-state index >= 15 is 0 Å². The number of benzene rings is 1. The summed E-state index contributed by atoms with van der Waals surface area (Å²) in [7, 11) is 0. The van der Waals surface area contributed by atoms with Crippen molar-refractivity contribution in [1.82, 2.24) is 10.2 Å². The fourth-order valence-electron chi connectivity index (χ4n) is 2.52. The summed E-state index contributed by atoms with van der Waals surface area (Å²) >= 11 is 0. The smallest absolute Gasteiger partial charge is 0.317 e. The van der Waals surface area contributed by atoms with E-state index in [1.807, 2.05) is 17.0 Å². The van der Waals surface area contributed by atoms with Gasteiger partial charge in [-0.1, -0.05) is 24.3 Å². The summed E-state index contributed by atoms with van der Waals surface area (Å²) in [5.41, 5.74) is 8.20. The summed E-state index contributed by atoms with van der Waals surface area (Å²) in [6.07, 6.45) is 1.91. The molecule has 3 N–H and O–H groups in total. The average Bonchev–Trinajstić information content (AvgIpc) is 2.90. The highest BCUT2D eigenvalue weighted by molar-refractivity contribution is 5.74. The third kappa shape index (κ3) is 3.70. The minimum atomic E-state index is 0.0459. The lowest BCUT2D eigenvalue weighted by Crippen LogP contribution is -2.39. The van der Waals surface area contributed by atoms with Crippen LogP contribution in [0.15, 0.2) is 24.3 Å². The minimum absolute atomic E-state index is 0.0459. The molecule has 4 nitrogen and oxygen atoms in total. The number of aryl methyl sites for hydroxylation is 1. The van der Waals surface area contributed by atoms with E-state index in [9.17, 15) is 4.79 Å². The van der Waals surface area contributed by atoms with Crippen LogP contribution in [-0.4, -0.2) is 37.1 Å². The maximum absolute atomic E-state index is 12.0. The van der Waals surface area contributed by atoms with Crippen LogP contribution in [0.4, 0.5) is 4.79 Å². The van der Waals surface area contributed by atoms with Gasteiger partial charge in [0.15, 0.2) is 0 Å². The van der Waals surface area contributed by atoms with E-state index in [0.29, 0.717) is 19.0 Å². The molecule has 0 aromatic heterocycles. The van der Waals surface area contributed by atoms with Gasteiger partial charge in [-0.3, -0.25) is 0 Å². The Morgan fingerprint density at radius 3 is 2.95 bits per heavy atom. The molecule has 104 valence electrons. The molecule has 2 amide bonds. The Kier molecular flexibility index (Phi) is 4.80.